The third kappa shape index (κ3) is 1.72. The molecule has 0 amide bonds. The molecule has 2 nitrogen and oxygen atoms in total. The highest BCUT2D eigenvalue weighted by atomic mass is 16.5. The molecular formula is C11H18O2. The van der Waals surface area contributed by atoms with E-state index >= 15 is 0 Å². The van der Waals surface area contributed by atoms with Crippen LogP contribution in [0.3, 0.4) is 0 Å². The normalized spacial score (nSPS) is 37.5. The molecule has 2 bridgehead atoms. The fourth-order valence-electron chi connectivity index (χ4n) is 2.92. The van der Waals surface area contributed by atoms with E-state index in [2.05, 4.69) is 0 Å². The molecule has 74 valence electrons. The van der Waals surface area contributed by atoms with Crippen LogP contribution in [0.25, 0.3) is 0 Å². The van der Waals surface area contributed by atoms with Crippen LogP contribution in [-0.2, 0) is 9.53 Å². The van der Waals surface area contributed by atoms with Gasteiger partial charge in [-0.15, -0.1) is 0 Å². The van der Waals surface area contributed by atoms with Gasteiger partial charge in [0.2, 0.25) is 0 Å². The predicted octanol–water partition coefficient (Wildman–Crippen LogP) is 2.38. The molecule has 0 spiro atoms. The van der Waals surface area contributed by atoms with Crippen molar-refractivity contribution in [3.8, 4) is 0 Å². The summed E-state index contributed by atoms with van der Waals surface area (Å²) in [5.41, 5.74) is 0. The first-order valence-corrected chi connectivity index (χ1v) is 5.48. The van der Waals surface area contributed by atoms with Crippen LogP contribution in [0.1, 0.15) is 39.0 Å². The summed E-state index contributed by atoms with van der Waals surface area (Å²) in [5, 5.41) is 0. The van der Waals surface area contributed by atoms with Crippen molar-refractivity contribution < 1.29 is 9.53 Å². The smallest absolute Gasteiger partial charge is 0.309 e. The van der Waals surface area contributed by atoms with Gasteiger partial charge in [0.1, 0.15) is 0 Å². The summed E-state index contributed by atoms with van der Waals surface area (Å²) < 4.78 is 5.10. The third-order valence-electron chi connectivity index (χ3n) is 3.64. The van der Waals surface area contributed by atoms with E-state index in [-0.39, 0.29) is 11.9 Å². The van der Waals surface area contributed by atoms with Crippen LogP contribution in [0.15, 0.2) is 0 Å². The van der Waals surface area contributed by atoms with E-state index in [1.165, 1.54) is 25.7 Å². The Morgan fingerprint density at radius 1 is 1.31 bits per heavy atom. The Labute approximate surface area is 79.7 Å². The maximum absolute atomic E-state index is 11.6. The van der Waals surface area contributed by atoms with Crippen molar-refractivity contribution in [1.82, 2.24) is 0 Å². The molecule has 0 aromatic carbocycles. The molecule has 3 fully saturated rings. The van der Waals surface area contributed by atoms with Gasteiger partial charge >= 0.3 is 5.97 Å². The van der Waals surface area contributed by atoms with Crippen molar-refractivity contribution >= 4 is 5.97 Å². The number of hydrogen-bond donors (Lipinski definition) is 0. The second-order valence-electron chi connectivity index (χ2n) is 4.38. The maximum atomic E-state index is 11.6. The van der Waals surface area contributed by atoms with Gasteiger partial charge < -0.3 is 4.74 Å². The molecule has 0 radical (unpaired) electrons. The lowest BCUT2D eigenvalue weighted by molar-refractivity contribution is -0.153. The van der Waals surface area contributed by atoms with Crippen LogP contribution in [-0.4, -0.2) is 12.6 Å². The summed E-state index contributed by atoms with van der Waals surface area (Å²) in [6, 6.07) is 0. The Hall–Kier alpha value is -0.530. The fourth-order valence-corrected chi connectivity index (χ4v) is 2.92. The standard InChI is InChI=1S/C11H18O2/c1-2-13-11(12)10-7-8-3-5-9(10)6-4-8/h8-10H,2-7H2,1H3. The third-order valence-corrected chi connectivity index (χ3v) is 3.64. The molecule has 3 aliphatic rings. The largest absolute Gasteiger partial charge is 0.466 e. The summed E-state index contributed by atoms with van der Waals surface area (Å²) >= 11 is 0. The van der Waals surface area contributed by atoms with Gasteiger partial charge in [0.15, 0.2) is 0 Å². The van der Waals surface area contributed by atoms with Gasteiger partial charge in [0.25, 0.3) is 0 Å². The van der Waals surface area contributed by atoms with E-state index in [0.29, 0.717) is 12.5 Å². The Morgan fingerprint density at radius 3 is 2.46 bits per heavy atom. The summed E-state index contributed by atoms with van der Waals surface area (Å²) in [6.07, 6.45) is 6.31. The number of ether oxygens (including phenoxy) is 1. The van der Waals surface area contributed by atoms with E-state index in [1.807, 2.05) is 6.92 Å². The number of fused-ring (bicyclic) bond motifs is 3. The van der Waals surface area contributed by atoms with E-state index in [0.717, 1.165) is 12.3 Å². The molecule has 3 saturated carbocycles. The van der Waals surface area contributed by atoms with E-state index in [9.17, 15) is 4.79 Å². The number of carbonyl (C=O) groups is 1. The van der Waals surface area contributed by atoms with Gasteiger partial charge in [0.05, 0.1) is 12.5 Å². The van der Waals surface area contributed by atoms with Crippen LogP contribution in [0.4, 0.5) is 0 Å². The number of carbonyl (C=O) groups excluding carboxylic acids is 1. The monoisotopic (exact) mass is 182 g/mol. The van der Waals surface area contributed by atoms with E-state index < -0.39 is 0 Å². The highest BCUT2D eigenvalue weighted by Gasteiger charge is 2.39. The molecule has 13 heavy (non-hydrogen) atoms. The summed E-state index contributed by atoms with van der Waals surface area (Å²) in [7, 11) is 0. The first kappa shape index (κ1) is 9.04. The van der Waals surface area contributed by atoms with Crippen molar-refractivity contribution in [2.24, 2.45) is 17.8 Å². The molecule has 2 heteroatoms. The van der Waals surface area contributed by atoms with Gasteiger partial charge in [-0.3, -0.25) is 4.79 Å². The summed E-state index contributed by atoms with van der Waals surface area (Å²) in [6.45, 7) is 2.42. The van der Waals surface area contributed by atoms with E-state index in [4.69, 9.17) is 4.74 Å². The topological polar surface area (TPSA) is 26.3 Å². The number of esters is 1. The SMILES string of the molecule is CCOC(=O)C1CC2CCC1CC2. The summed E-state index contributed by atoms with van der Waals surface area (Å²) in [4.78, 5) is 11.6. The predicted molar refractivity (Wildman–Crippen MR) is 50.2 cm³/mol. The minimum Gasteiger partial charge on any atom is -0.466 e. The molecule has 1 unspecified atom stereocenters. The quantitative estimate of drug-likeness (QED) is 0.613. The lowest BCUT2D eigenvalue weighted by atomic mass is 9.65. The lowest BCUT2D eigenvalue weighted by Crippen LogP contribution is -2.36. The Balaban J connectivity index is 1.96. The zero-order valence-corrected chi connectivity index (χ0v) is 8.29. The Bertz CT molecular complexity index is 192. The molecule has 0 heterocycles. The van der Waals surface area contributed by atoms with Gasteiger partial charge in [-0.05, 0) is 38.0 Å². The van der Waals surface area contributed by atoms with Crippen molar-refractivity contribution in [3.05, 3.63) is 0 Å². The van der Waals surface area contributed by atoms with Crippen molar-refractivity contribution in [2.45, 2.75) is 39.0 Å². The molecule has 1 atom stereocenters. The molecule has 0 aromatic rings. The lowest BCUT2D eigenvalue weighted by Gasteiger charge is -2.40. The Kier molecular flexibility index (Phi) is 2.56. The van der Waals surface area contributed by atoms with Gasteiger partial charge in [0, 0.05) is 0 Å². The maximum Gasteiger partial charge on any atom is 0.309 e. The molecule has 0 aromatic heterocycles. The molecule has 0 N–H and O–H groups in total. The average molecular weight is 182 g/mol. The van der Waals surface area contributed by atoms with Crippen molar-refractivity contribution in [3.63, 3.8) is 0 Å². The van der Waals surface area contributed by atoms with Gasteiger partial charge in [-0.1, -0.05) is 12.8 Å². The summed E-state index contributed by atoms with van der Waals surface area (Å²) in [5.74, 6) is 1.77. The molecule has 0 saturated heterocycles. The van der Waals surface area contributed by atoms with Crippen LogP contribution in [0, 0.1) is 17.8 Å². The zero-order chi connectivity index (χ0) is 9.26. The van der Waals surface area contributed by atoms with Gasteiger partial charge in [-0.2, -0.15) is 0 Å². The second-order valence-corrected chi connectivity index (χ2v) is 4.38. The first-order chi connectivity index (χ1) is 6.31. The van der Waals surface area contributed by atoms with Crippen molar-refractivity contribution in [2.75, 3.05) is 6.61 Å². The van der Waals surface area contributed by atoms with Gasteiger partial charge in [-0.25, -0.2) is 0 Å². The minimum absolute atomic E-state index is 0.0666. The zero-order valence-electron chi connectivity index (χ0n) is 8.29. The second kappa shape index (κ2) is 3.69. The fraction of sp³-hybridized carbons (Fsp3) is 0.909. The number of rotatable bonds is 2. The highest BCUT2D eigenvalue weighted by molar-refractivity contribution is 5.73. The molecule has 0 aliphatic heterocycles. The van der Waals surface area contributed by atoms with E-state index in [1.54, 1.807) is 0 Å². The molecule has 3 aliphatic carbocycles. The average Bonchev–Trinajstić information content (AvgIpc) is 2.20. The molecule has 3 rings (SSSR count). The van der Waals surface area contributed by atoms with Crippen LogP contribution in [0.5, 0.6) is 0 Å². The Morgan fingerprint density at radius 2 is 2.00 bits per heavy atom. The minimum atomic E-state index is 0.0666. The van der Waals surface area contributed by atoms with Crippen LogP contribution in [0.2, 0.25) is 0 Å². The molecular weight excluding hydrogens is 164 g/mol. The van der Waals surface area contributed by atoms with Crippen LogP contribution < -0.4 is 0 Å². The number of hydrogen-bond acceptors (Lipinski definition) is 2. The van der Waals surface area contributed by atoms with Crippen molar-refractivity contribution in [1.29, 1.82) is 0 Å². The first-order valence-electron chi connectivity index (χ1n) is 5.48. The highest BCUT2D eigenvalue weighted by Crippen LogP contribution is 2.45. The van der Waals surface area contributed by atoms with Crippen LogP contribution >= 0.6 is 0 Å².